The topological polar surface area (TPSA) is 132 Å². The molecule has 0 radical (unpaired) electrons. The summed E-state index contributed by atoms with van der Waals surface area (Å²) in [5, 5.41) is 4.09. The Balaban J connectivity index is 1.30. The van der Waals surface area contributed by atoms with Crippen LogP contribution < -0.4 is 26.2 Å². The Morgan fingerprint density at radius 3 is 2.58 bits per heavy atom. The molecule has 0 saturated heterocycles. The van der Waals surface area contributed by atoms with E-state index in [2.05, 4.69) is 20.7 Å². The van der Waals surface area contributed by atoms with Crippen molar-refractivity contribution in [3.8, 4) is 22.1 Å². The molecule has 10 nitrogen and oxygen atoms in total. The van der Waals surface area contributed by atoms with Crippen LogP contribution in [0.15, 0.2) is 85.2 Å². The minimum absolute atomic E-state index is 0.0268. The Kier molecular flexibility index (Phi) is 9.52. The van der Waals surface area contributed by atoms with Gasteiger partial charge in [-0.25, -0.2) is 14.2 Å². The number of anilines is 1. The number of fused-ring (bicyclic) bond motifs is 1. The zero-order valence-corrected chi connectivity index (χ0v) is 24.1. The number of rotatable bonds is 11. The number of nitrogens with zero attached hydrogens (tertiary/aromatic N) is 3. The Labute approximate surface area is 251 Å². The van der Waals surface area contributed by atoms with Crippen LogP contribution in [0, 0.1) is 5.82 Å². The van der Waals surface area contributed by atoms with Crippen LogP contribution in [-0.2, 0) is 11.3 Å². The number of amides is 3. The number of hydrogen-bond donors (Lipinski definition) is 3. The lowest BCUT2D eigenvalue weighted by atomic mass is 10.2. The number of benzene rings is 2. The van der Waals surface area contributed by atoms with Crippen molar-refractivity contribution in [1.82, 2.24) is 20.7 Å². The standard InChI is InChI=1S/C31H29FN6O4S/c1-2-41-15-14-34-18-20-8-10-24(36-19-20)28-17-25-29(43-28)27(12-13-35-25)42-26-11-9-22(16-23(26)32)38(31(33)40)37-30(39)21-6-4-3-5-7-21/h3-13,16-17,19,34H,2,14-15,18H2,1H3,(H2,33,40)(H,37,39). The van der Waals surface area contributed by atoms with Gasteiger partial charge >= 0.3 is 6.03 Å². The van der Waals surface area contributed by atoms with Crippen molar-refractivity contribution < 1.29 is 23.5 Å². The lowest BCUT2D eigenvalue weighted by Crippen LogP contribution is -2.49. The minimum atomic E-state index is -0.987. The molecule has 43 heavy (non-hydrogen) atoms. The highest BCUT2D eigenvalue weighted by molar-refractivity contribution is 7.22. The number of hydrazine groups is 1. The van der Waals surface area contributed by atoms with Crippen molar-refractivity contribution in [2.24, 2.45) is 5.73 Å². The first-order valence-corrected chi connectivity index (χ1v) is 14.3. The zero-order valence-electron chi connectivity index (χ0n) is 23.2. The molecule has 2 aromatic carbocycles. The maximum Gasteiger partial charge on any atom is 0.338 e. The quantitative estimate of drug-likeness (QED) is 0.132. The van der Waals surface area contributed by atoms with Gasteiger partial charge in [-0.3, -0.25) is 20.2 Å². The number of nitrogens with two attached hydrogens (primary N) is 1. The fraction of sp³-hybridized carbons (Fsp3) is 0.161. The van der Waals surface area contributed by atoms with E-state index in [0.29, 0.717) is 36.6 Å². The van der Waals surface area contributed by atoms with E-state index in [1.807, 2.05) is 31.3 Å². The summed E-state index contributed by atoms with van der Waals surface area (Å²) in [5.41, 5.74) is 10.7. The van der Waals surface area contributed by atoms with Crippen LogP contribution >= 0.6 is 11.3 Å². The van der Waals surface area contributed by atoms with Gasteiger partial charge in [0.2, 0.25) is 0 Å². The van der Waals surface area contributed by atoms with Gasteiger partial charge in [-0.1, -0.05) is 24.3 Å². The van der Waals surface area contributed by atoms with Gasteiger partial charge in [0.05, 0.1) is 33.1 Å². The maximum absolute atomic E-state index is 15.2. The van der Waals surface area contributed by atoms with E-state index in [4.69, 9.17) is 15.2 Å². The molecule has 0 bridgehead atoms. The molecule has 0 aliphatic rings. The third-order valence-electron chi connectivity index (χ3n) is 6.27. The van der Waals surface area contributed by atoms with Gasteiger partial charge < -0.3 is 20.5 Å². The second-order valence-electron chi connectivity index (χ2n) is 9.26. The van der Waals surface area contributed by atoms with Gasteiger partial charge in [-0.2, -0.15) is 0 Å². The number of urea groups is 1. The fourth-order valence-electron chi connectivity index (χ4n) is 4.15. The predicted octanol–water partition coefficient (Wildman–Crippen LogP) is 5.65. The van der Waals surface area contributed by atoms with Gasteiger partial charge in [0.25, 0.3) is 5.91 Å². The molecule has 0 spiro atoms. The molecule has 4 N–H and O–H groups in total. The highest BCUT2D eigenvalue weighted by Gasteiger charge is 2.20. The predicted molar refractivity (Wildman–Crippen MR) is 163 cm³/mol. The Morgan fingerprint density at radius 1 is 1.02 bits per heavy atom. The molecule has 0 aliphatic heterocycles. The van der Waals surface area contributed by atoms with Crippen LogP contribution in [0.5, 0.6) is 11.5 Å². The molecule has 0 saturated carbocycles. The average Bonchev–Trinajstić information content (AvgIpc) is 3.47. The summed E-state index contributed by atoms with van der Waals surface area (Å²) in [6, 6.07) is 18.6. The third kappa shape index (κ3) is 7.30. The van der Waals surface area contributed by atoms with Gasteiger partial charge in [0.1, 0.15) is 5.75 Å². The molecule has 0 aliphatic carbocycles. The SMILES string of the molecule is CCOCCNCc1ccc(-c2cc3nccc(Oc4ccc(N(NC(=O)c5ccccc5)C(N)=O)cc4F)c3s2)nc1. The number of carbonyl (C=O) groups excluding carboxylic acids is 2. The number of aromatic nitrogens is 2. The number of primary amides is 1. The molecule has 12 heteroatoms. The second-order valence-corrected chi connectivity index (χ2v) is 10.3. The Morgan fingerprint density at radius 2 is 1.86 bits per heavy atom. The van der Waals surface area contributed by atoms with E-state index in [1.165, 1.54) is 23.5 Å². The first-order chi connectivity index (χ1) is 20.9. The van der Waals surface area contributed by atoms with Crippen molar-refractivity contribution in [1.29, 1.82) is 0 Å². The van der Waals surface area contributed by atoms with Crippen molar-refractivity contribution in [3.63, 3.8) is 0 Å². The smallest absolute Gasteiger partial charge is 0.338 e. The lowest BCUT2D eigenvalue weighted by molar-refractivity contribution is 0.0950. The third-order valence-corrected chi connectivity index (χ3v) is 7.43. The molecule has 5 aromatic rings. The Bertz CT molecular complexity index is 1720. The van der Waals surface area contributed by atoms with E-state index in [0.717, 1.165) is 38.5 Å². The number of nitrogens with one attached hydrogen (secondary N) is 2. The number of ether oxygens (including phenoxy) is 2. The number of thiophene rings is 1. The van der Waals surface area contributed by atoms with E-state index in [-0.39, 0.29) is 11.4 Å². The van der Waals surface area contributed by atoms with Crippen molar-refractivity contribution in [3.05, 3.63) is 102 Å². The summed E-state index contributed by atoms with van der Waals surface area (Å²) >= 11 is 1.43. The van der Waals surface area contributed by atoms with Crippen LogP contribution in [0.1, 0.15) is 22.8 Å². The summed E-state index contributed by atoms with van der Waals surface area (Å²) in [4.78, 5) is 34.6. The fourth-order valence-corrected chi connectivity index (χ4v) is 5.19. The molecule has 3 heterocycles. The largest absolute Gasteiger partial charge is 0.453 e. The minimum Gasteiger partial charge on any atom is -0.453 e. The van der Waals surface area contributed by atoms with Crippen molar-refractivity contribution in [2.75, 3.05) is 24.8 Å². The Hall–Kier alpha value is -4.91. The van der Waals surface area contributed by atoms with Gasteiger partial charge in [0.15, 0.2) is 11.6 Å². The van der Waals surface area contributed by atoms with Gasteiger partial charge in [-0.15, -0.1) is 11.3 Å². The maximum atomic E-state index is 15.2. The van der Waals surface area contributed by atoms with Crippen LogP contribution in [0.25, 0.3) is 20.8 Å². The molecule has 3 amide bonds. The first kappa shape index (κ1) is 29.6. The normalized spacial score (nSPS) is 10.9. The summed E-state index contributed by atoms with van der Waals surface area (Å²) in [5.74, 6) is -1.01. The van der Waals surface area contributed by atoms with Crippen molar-refractivity contribution >= 4 is 39.2 Å². The number of carbonyl (C=O) groups is 2. The highest BCUT2D eigenvalue weighted by atomic mass is 32.1. The average molecular weight is 601 g/mol. The molecule has 0 unspecified atom stereocenters. The number of hydrogen-bond acceptors (Lipinski definition) is 8. The molecule has 220 valence electrons. The molecular formula is C31H29FN6O4S. The molecule has 5 rings (SSSR count). The van der Waals surface area contributed by atoms with Crippen molar-refractivity contribution in [2.45, 2.75) is 13.5 Å². The van der Waals surface area contributed by atoms with E-state index >= 15 is 4.39 Å². The molecule has 3 aromatic heterocycles. The number of pyridine rings is 2. The second kappa shape index (κ2) is 13.8. The zero-order chi connectivity index (χ0) is 30.2. The summed E-state index contributed by atoms with van der Waals surface area (Å²) in [7, 11) is 0. The van der Waals surface area contributed by atoms with Crippen LogP contribution in [0.4, 0.5) is 14.9 Å². The molecule has 0 fully saturated rings. The summed E-state index contributed by atoms with van der Waals surface area (Å²) in [6.45, 7) is 4.77. The highest BCUT2D eigenvalue weighted by Crippen LogP contribution is 2.39. The van der Waals surface area contributed by atoms with Crippen LogP contribution in [0.2, 0.25) is 0 Å². The molecular weight excluding hydrogens is 571 g/mol. The molecule has 0 atom stereocenters. The monoisotopic (exact) mass is 600 g/mol. The van der Waals surface area contributed by atoms with Crippen LogP contribution in [-0.4, -0.2) is 41.7 Å². The van der Waals surface area contributed by atoms with E-state index in [1.54, 1.807) is 42.6 Å². The lowest BCUT2D eigenvalue weighted by Gasteiger charge is -2.21. The van der Waals surface area contributed by atoms with Gasteiger partial charge in [0, 0.05) is 49.8 Å². The van der Waals surface area contributed by atoms with Crippen LogP contribution in [0.3, 0.4) is 0 Å². The van der Waals surface area contributed by atoms with E-state index < -0.39 is 17.8 Å². The van der Waals surface area contributed by atoms with E-state index in [9.17, 15) is 9.59 Å². The summed E-state index contributed by atoms with van der Waals surface area (Å²) in [6.07, 6.45) is 3.41. The van der Waals surface area contributed by atoms with Gasteiger partial charge in [-0.05, 0) is 48.9 Å². The first-order valence-electron chi connectivity index (χ1n) is 13.5. The number of halogens is 1. The summed E-state index contributed by atoms with van der Waals surface area (Å²) < 4.78 is 27.2.